The minimum Gasteiger partial charge on any atom is -0.371 e. The summed E-state index contributed by atoms with van der Waals surface area (Å²) >= 11 is 3.54. The zero-order chi connectivity index (χ0) is 13.7. The molecule has 0 radical (unpaired) electrons. The molecule has 2 heterocycles. The van der Waals surface area contributed by atoms with Crippen LogP contribution in [0.25, 0.3) is 10.8 Å². The molecule has 20 heavy (non-hydrogen) atoms. The minimum atomic E-state index is -0.100. The first-order valence-corrected chi connectivity index (χ1v) is 7.88. The standard InChI is InChI=1S/C15H16BrN3O/c16-11-7-10-9-17-18-14(20)13(10)12(8-11)19-5-3-15(1-2-15)4-6-19/h7-9H,1-6H2,(H,18,20). The number of rotatable bonds is 1. The summed E-state index contributed by atoms with van der Waals surface area (Å²) in [5.41, 5.74) is 1.58. The number of halogens is 1. The van der Waals surface area contributed by atoms with Gasteiger partial charge in [-0.25, -0.2) is 5.10 Å². The average molecular weight is 334 g/mol. The highest BCUT2D eigenvalue weighted by atomic mass is 79.9. The summed E-state index contributed by atoms with van der Waals surface area (Å²) in [7, 11) is 0. The number of nitrogens with one attached hydrogen (secondary N) is 1. The molecule has 4 rings (SSSR count). The summed E-state index contributed by atoms with van der Waals surface area (Å²) in [5, 5.41) is 8.10. The van der Waals surface area contributed by atoms with Gasteiger partial charge in [-0.15, -0.1) is 0 Å². The van der Waals surface area contributed by atoms with E-state index in [9.17, 15) is 4.79 Å². The second-order valence-electron chi connectivity index (χ2n) is 6.08. The summed E-state index contributed by atoms with van der Waals surface area (Å²) in [6.07, 6.45) is 7.01. The van der Waals surface area contributed by atoms with Crippen molar-refractivity contribution in [3.05, 3.63) is 33.2 Å². The first kappa shape index (κ1) is 12.4. The van der Waals surface area contributed by atoms with E-state index < -0.39 is 0 Å². The fraction of sp³-hybridized carbons (Fsp3) is 0.467. The number of piperidine rings is 1. The van der Waals surface area contributed by atoms with E-state index in [2.05, 4.69) is 37.1 Å². The Kier molecular flexibility index (Phi) is 2.67. The maximum atomic E-state index is 12.1. The van der Waals surface area contributed by atoms with Gasteiger partial charge in [0.2, 0.25) is 0 Å². The molecule has 2 aromatic rings. The Bertz CT molecular complexity index is 725. The van der Waals surface area contributed by atoms with Gasteiger partial charge in [0.15, 0.2) is 0 Å². The molecule has 4 nitrogen and oxygen atoms in total. The van der Waals surface area contributed by atoms with Crippen molar-refractivity contribution in [1.82, 2.24) is 10.2 Å². The van der Waals surface area contributed by atoms with Crippen molar-refractivity contribution in [2.45, 2.75) is 25.7 Å². The van der Waals surface area contributed by atoms with E-state index in [1.165, 1.54) is 25.7 Å². The lowest BCUT2D eigenvalue weighted by Crippen LogP contribution is -2.35. The SMILES string of the molecule is O=c1[nH]ncc2cc(Br)cc(N3CCC4(CC3)CC4)c12. The summed E-state index contributed by atoms with van der Waals surface area (Å²) in [5.74, 6) is 0. The quantitative estimate of drug-likeness (QED) is 0.872. The molecule has 0 amide bonds. The normalized spacial score (nSPS) is 20.6. The predicted octanol–water partition coefficient (Wildman–Crippen LogP) is 3.07. The van der Waals surface area contributed by atoms with Crippen LogP contribution in [0.15, 0.2) is 27.6 Å². The highest BCUT2D eigenvalue weighted by Crippen LogP contribution is 2.54. The van der Waals surface area contributed by atoms with Gasteiger partial charge in [-0.3, -0.25) is 4.79 Å². The van der Waals surface area contributed by atoms with E-state index in [4.69, 9.17) is 0 Å². The third-order valence-electron chi connectivity index (χ3n) is 4.83. The van der Waals surface area contributed by atoms with E-state index >= 15 is 0 Å². The molecule has 1 saturated heterocycles. The molecule has 104 valence electrons. The number of anilines is 1. The van der Waals surface area contributed by atoms with Crippen molar-refractivity contribution in [2.24, 2.45) is 5.41 Å². The number of nitrogens with zero attached hydrogens (tertiary/aromatic N) is 2. The van der Waals surface area contributed by atoms with E-state index in [0.717, 1.165) is 34.0 Å². The van der Waals surface area contributed by atoms with Crippen molar-refractivity contribution in [1.29, 1.82) is 0 Å². The molecule has 5 heteroatoms. The summed E-state index contributed by atoms with van der Waals surface area (Å²) in [4.78, 5) is 14.5. The molecule has 1 aromatic carbocycles. The van der Waals surface area contributed by atoms with Crippen LogP contribution in [0.1, 0.15) is 25.7 Å². The molecule has 2 fully saturated rings. The summed E-state index contributed by atoms with van der Waals surface area (Å²) < 4.78 is 0.999. The molecule has 1 spiro atoms. The monoisotopic (exact) mass is 333 g/mol. The molecule has 0 unspecified atom stereocenters. The number of aromatic amines is 1. The lowest BCUT2D eigenvalue weighted by molar-refractivity contribution is 0.385. The van der Waals surface area contributed by atoms with Crippen molar-refractivity contribution in [3.8, 4) is 0 Å². The molecule has 1 aromatic heterocycles. The Morgan fingerprint density at radius 3 is 2.65 bits per heavy atom. The van der Waals surface area contributed by atoms with Crippen LogP contribution >= 0.6 is 15.9 Å². The second kappa shape index (κ2) is 4.32. The molecule has 1 saturated carbocycles. The van der Waals surface area contributed by atoms with Crippen LogP contribution in [0.3, 0.4) is 0 Å². The van der Waals surface area contributed by atoms with Gasteiger partial charge < -0.3 is 4.90 Å². The first-order valence-electron chi connectivity index (χ1n) is 7.09. The second-order valence-corrected chi connectivity index (χ2v) is 6.99. The fourth-order valence-corrected chi connectivity index (χ4v) is 3.79. The average Bonchev–Trinajstić information content (AvgIpc) is 3.18. The number of benzene rings is 1. The van der Waals surface area contributed by atoms with Crippen molar-refractivity contribution >= 4 is 32.4 Å². The number of hydrogen-bond acceptors (Lipinski definition) is 3. The van der Waals surface area contributed by atoms with E-state index in [0.29, 0.717) is 5.41 Å². The topological polar surface area (TPSA) is 49.0 Å². The highest BCUT2D eigenvalue weighted by molar-refractivity contribution is 9.10. The Morgan fingerprint density at radius 1 is 1.20 bits per heavy atom. The van der Waals surface area contributed by atoms with Crippen molar-refractivity contribution < 1.29 is 0 Å². The number of aromatic nitrogens is 2. The molecule has 0 atom stereocenters. The molecule has 1 aliphatic heterocycles. The number of fused-ring (bicyclic) bond motifs is 1. The molecule has 2 aliphatic rings. The van der Waals surface area contributed by atoms with Gasteiger partial charge >= 0.3 is 0 Å². The van der Waals surface area contributed by atoms with E-state index in [1.807, 2.05) is 6.07 Å². The Hall–Kier alpha value is -1.36. The lowest BCUT2D eigenvalue weighted by Gasteiger charge is -2.34. The van der Waals surface area contributed by atoms with Gasteiger partial charge in [0, 0.05) is 22.9 Å². The van der Waals surface area contributed by atoms with Gasteiger partial charge in [-0.1, -0.05) is 15.9 Å². The largest absolute Gasteiger partial charge is 0.371 e. The number of H-pyrrole nitrogens is 1. The third-order valence-corrected chi connectivity index (χ3v) is 5.29. The van der Waals surface area contributed by atoms with Crippen LogP contribution in [0.5, 0.6) is 0 Å². The van der Waals surface area contributed by atoms with Gasteiger partial charge in [0.05, 0.1) is 17.3 Å². The van der Waals surface area contributed by atoms with Gasteiger partial charge in [0.25, 0.3) is 5.56 Å². The van der Waals surface area contributed by atoms with Gasteiger partial charge in [-0.05, 0) is 43.2 Å². The Balaban J connectivity index is 1.80. The maximum absolute atomic E-state index is 12.1. The molecule has 0 bridgehead atoms. The van der Waals surface area contributed by atoms with Crippen LogP contribution < -0.4 is 10.5 Å². The smallest absolute Gasteiger partial charge is 0.274 e. The van der Waals surface area contributed by atoms with Crippen LogP contribution in [-0.4, -0.2) is 23.3 Å². The zero-order valence-corrected chi connectivity index (χ0v) is 12.7. The maximum Gasteiger partial charge on any atom is 0.274 e. The third kappa shape index (κ3) is 1.95. The lowest BCUT2D eigenvalue weighted by atomic mass is 9.93. The predicted molar refractivity (Wildman–Crippen MR) is 83.2 cm³/mol. The molecule has 1 aliphatic carbocycles. The molecule has 1 N–H and O–H groups in total. The van der Waals surface area contributed by atoms with Gasteiger partial charge in [0.1, 0.15) is 0 Å². The van der Waals surface area contributed by atoms with Crippen LogP contribution in [0, 0.1) is 5.41 Å². The molecular formula is C15H16BrN3O. The highest BCUT2D eigenvalue weighted by Gasteiger charge is 2.44. The number of hydrogen-bond donors (Lipinski definition) is 1. The van der Waals surface area contributed by atoms with Crippen molar-refractivity contribution in [3.63, 3.8) is 0 Å². The Labute approximate surface area is 125 Å². The van der Waals surface area contributed by atoms with Crippen LogP contribution in [-0.2, 0) is 0 Å². The van der Waals surface area contributed by atoms with Gasteiger partial charge in [-0.2, -0.15) is 5.10 Å². The first-order chi connectivity index (χ1) is 9.67. The molecular weight excluding hydrogens is 318 g/mol. The van der Waals surface area contributed by atoms with Crippen LogP contribution in [0.4, 0.5) is 5.69 Å². The van der Waals surface area contributed by atoms with Crippen molar-refractivity contribution in [2.75, 3.05) is 18.0 Å². The Morgan fingerprint density at radius 2 is 1.95 bits per heavy atom. The minimum absolute atomic E-state index is 0.100. The fourth-order valence-electron chi connectivity index (χ4n) is 3.33. The summed E-state index contributed by atoms with van der Waals surface area (Å²) in [6, 6.07) is 4.01. The van der Waals surface area contributed by atoms with Crippen LogP contribution in [0.2, 0.25) is 0 Å². The van der Waals surface area contributed by atoms with E-state index in [-0.39, 0.29) is 5.56 Å². The summed E-state index contributed by atoms with van der Waals surface area (Å²) in [6.45, 7) is 2.10. The zero-order valence-electron chi connectivity index (χ0n) is 11.2. The van der Waals surface area contributed by atoms with E-state index in [1.54, 1.807) is 6.20 Å².